The first-order chi connectivity index (χ1) is 7.73. The molecule has 0 saturated heterocycles. The summed E-state index contributed by atoms with van der Waals surface area (Å²) in [6.07, 6.45) is 2.37. The fraction of sp³-hybridized carbons (Fsp3) is 0.571. The summed E-state index contributed by atoms with van der Waals surface area (Å²) in [5.74, 6) is 0.662. The van der Waals surface area contributed by atoms with Gasteiger partial charge in [-0.15, -0.1) is 0 Å². The van der Waals surface area contributed by atoms with Crippen LogP contribution in [0.15, 0.2) is 24.3 Å². The summed E-state index contributed by atoms with van der Waals surface area (Å²) in [5, 5.41) is 3.60. The average molecular weight is 218 g/mol. The molecular formula is C14H22N2. The molecule has 0 radical (unpaired) electrons. The second-order valence-electron chi connectivity index (χ2n) is 4.84. The van der Waals surface area contributed by atoms with Crippen LogP contribution in [0, 0.1) is 0 Å². The lowest BCUT2D eigenvalue weighted by Crippen LogP contribution is -2.50. The summed E-state index contributed by atoms with van der Waals surface area (Å²) in [5.41, 5.74) is 8.92. The highest BCUT2D eigenvalue weighted by Crippen LogP contribution is 2.40. The van der Waals surface area contributed by atoms with Crippen LogP contribution in [0.2, 0.25) is 0 Å². The first-order valence-electron chi connectivity index (χ1n) is 6.28. The number of hydrogen-bond donors (Lipinski definition) is 2. The van der Waals surface area contributed by atoms with Gasteiger partial charge >= 0.3 is 0 Å². The predicted octanol–water partition coefficient (Wildman–Crippen LogP) is 2.35. The third-order valence-electron chi connectivity index (χ3n) is 3.88. The van der Waals surface area contributed by atoms with E-state index in [-0.39, 0.29) is 5.54 Å². The molecule has 2 atom stereocenters. The Morgan fingerprint density at radius 2 is 2.19 bits per heavy atom. The van der Waals surface area contributed by atoms with Crippen LogP contribution in [0.5, 0.6) is 0 Å². The molecule has 0 spiro atoms. The van der Waals surface area contributed by atoms with E-state index in [4.69, 9.17) is 5.73 Å². The third kappa shape index (κ3) is 1.76. The summed E-state index contributed by atoms with van der Waals surface area (Å²) >= 11 is 0. The maximum absolute atomic E-state index is 6.02. The molecule has 2 heteroatoms. The maximum Gasteiger partial charge on any atom is 0.0561 e. The summed E-state index contributed by atoms with van der Waals surface area (Å²) in [7, 11) is 0. The molecule has 3 N–H and O–H groups in total. The molecule has 0 heterocycles. The van der Waals surface area contributed by atoms with Gasteiger partial charge in [-0.3, -0.25) is 0 Å². The summed E-state index contributed by atoms with van der Waals surface area (Å²) in [6.45, 7) is 6.12. The van der Waals surface area contributed by atoms with Gasteiger partial charge in [0.25, 0.3) is 0 Å². The molecule has 0 aliphatic heterocycles. The molecule has 0 fully saturated rings. The molecule has 1 aromatic carbocycles. The van der Waals surface area contributed by atoms with Crippen LogP contribution in [0.1, 0.15) is 43.7 Å². The van der Waals surface area contributed by atoms with E-state index in [1.54, 1.807) is 0 Å². The summed E-state index contributed by atoms with van der Waals surface area (Å²) in [4.78, 5) is 0. The van der Waals surface area contributed by atoms with Crippen molar-refractivity contribution in [2.45, 2.75) is 38.1 Å². The minimum Gasteiger partial charge on any atom is -0.328 e. The first-order valence-corrected chi connectivity index (χ1v) is 6.28. The second kappa shape index (κ2) is 4.56. The van der Waals surface area contributed by atoms with Gasteiger partial charge in [0.05, 0.1) is 5.54 Å². The Hall–Kier alpha value is -0.860. The van der Waals surface area contributed by atoms with Gasteiger partial charge < -0.3 is 11.1 Å². The number of nitrogens with two attached hydrogens (primary N) is 1. The van der Waals surface area contributed by atoms with Gasteiger partial charge in [-0.25, -0.2) is 0 Å². The molecule has 88 valence electrons. The minimum atomic E-state index is 0.0118. The van der Waals surface area contributed by atoms with Crippen molar-refractivity contribution in [2.24, 2.45) is 5.73 Å². The Bertz CT molecular complexity index is 362. The molecule has 2 rings (SSSR count). The van der Waals surface area contributed by atoms with E-state index < -0.39 is 0 Å². The lowest BCUT2D eigenvalue weighted by Gasteiger charge is -2.41. The van der Waals surface area contributed by atoms with E-state index in [1.165, 1.54) is 17.5 Å². The van der Waals surface area contributed by atoms with Gasteiger partial charge in [-0.2, -0.15) is 0 Å². The van der Waals surface area contributed by atoms with Crippen molar-refractivity contribution < 1.29 is 0 Å². The Balaban J connectivity index is 2.47. The third-order valence-corrected chi connectivity index (χ3v) is 3.88. The number of hydrogen-bond acceptors (Lipinski definition) is 2. The van der Waals surface area contributed by atoms with Gasteiger partial charge in [-0.05, 0) is 36.4 Å². The van der Waals surface area contributed by atoms with Crippen molar-refractivity contribution in [3.63, 3.8) is 0 Å². The summed E-state index contributed by atoms with van der Waals surface area (Å²) < 4.78 is 0. The average Bonchev–Trinajstić information content (AvgIpc) is 2.34. The quantitative estimate of drug-likeness (QED) is 0.817. The Labute approximate surface area is 98.2 Å². The van der Waals surface area contributed by atoms with E-state index >= 15 is 0 Å². The highest BCUT2D eigenvalue weighted by Gasteiger charge is 2.36. The smallest absolute Gasteiger partial charge is 0.0561 e. The lowest BCUT2D eigenvalue weighted by molar-refractivity contribution is 0.286. The second-order valence-corrected chi connectivity index (χ2v) is 4.84. The fourth-order valence-corrected chi connectivity index (χ4v) is 2.92. The molecule has 1 aliphatic carbocycles. The van der Waals surface area contributed by atoms with Crippen molar-refractivity contribution >= 4 is 0 Å². The molecule has 2 nitrogen and oxygen atoms in total. The summed E-state index contributed by atoms with van der Waals surface area (Å²) in [6, 6.07) is 8.74. The van der Waals surface area contributed by atoms with Crippen molar-refractivity contribution in [1.29, 1.82) is 0 Å². The lowest BCUT2D eigenvalue weighted by atomic mass is 9.72. The normalized spacial score (nSPS) is 28.8. The van der Waals surface area contributed by atoms with Crippen LogP contribution in [0.25, 0.3) is 0 Å². The number of likely N-dealkylation sites (N-methyl/N-ethyl adjacent to an activating group) is 1. The van der Waals surface area contributed by atoms with Crippen LogP contribution in [-0.2, 0) is 5.54 Å². The number of nitrogens with one attached hydrogen (secondary N) is 1. The molecule has 0 bridgehead atoms. The van der Waals surface area contributed by atoms with Crippen LogP contribution in [-0.4, -0.2) is 13.1 Å². The highest BCUT2D eigenvalue weighted by molar-refractivity contribution is 5.39. The Kier molecular flexibility index (Phi) is 3.31. The first kappa shape index (κ1) is 11.6. The van der Waals surface area contributed by atoms with E-state index in [9.17, 15) is 0 Å². The van der Waals surface area contributed by atoms with E-state index in [0.29, 0.717) is 12.5 Å². The van der Waals surface area contributed by atoms with Crippen molar-refractivity contribution in [1.82, 2.24) is 5.32 Å². The van der Waals surface area contributed by atoms with Crippen LogP contribution in [0.3, 0.4) is 0 Å². The number of fused-ring (bicyclic) bond motifs is 1. The molecule has 0 saturated carbocycles. The van der Waals surface area contributed by atoms with Crippen molar-refractivity contribution in [3.8, 4) is 0 Å². The minimum absolute atomic E-state index is 0.0118. The van der Waals surface area contributed by atoms with E-state index in [0.717, 1.165) is 13.0 Å². The molecular weight excluding hydrogens is 196 g/mol. The van der Waals surface area contributed by atoms with E-state index in [2.05, 4.69) is 43.4 Å². The van der Waals surface area contributed by atoms with Gasteiger partial charge in [-0.1, -0.05) is 38.1 Å². The van der Waals surface area contributed by atoms with Gasteiger partial charge in [0, 0.05) is 6.54 Å². The van der Waals surface area contributed by atoms with Crippen LogP contribution >= 0.6 is 0 Å². The standard InChI is InChI=1S/C14H22N2/c1-3-16-14(10-15)9-8-11(2)12-6-4-5-7-13(12)14/h4-7,11,16H,3,8-10,15H2,1-2H3. The number of benzene rings is 1. The highest BCUT2D eigenvalue weighted by atomic mass is 15.0. The maximum atomic E-state index is 6.02. The van der Waals surface area contributed by atoms with Crippen molar-refractivity contribution in [2.75, 3.05) is 13.1 Å². The molecule has 16 heavy (non-hydrogen) atoms. The van der Waals surface area contributed by atoms with Crippen LogP contribution < -0.4 is 11.1 Å². The SMILES string of the molecule is CCNC1(CN)CCC(C)c2ccccc21. The van der Waals surface area contributed by atoms with Crippen LogP contribution in [0.4, 0.5) is 0 Å². The van der Waals surface area contributed by atoms with E-state index in [1.807, 2.05) is 0 Å². The molecule has 0 aromatic heterocycles. The molecule has 0 amide bonds. The predicted molar refractivity (Wildman–Crippen MR) is 68.5 cm³/mol. The Morgan fingerprint density at radius 1 is 1.44 bits per heavy atom. The fourth-order valence-electron chi connectivity index (χ4n) is 2.92. The van der Waals surface area contributed by atoms with Gasteiger partial charge in [0.15, 0.2) is 0 Å². The molecule has 2 unspecified atom stereocenters. The van der Waals surface area contributed by atoms with Crippen molar-refractivity contribution in [3.05, 3.63) is 35.4 Å². The molecule has 1 aliphatic rings. The largest absolute Gasteiger partial charge is 0.328 e. The van der Waals surface area contributed by atoms with Gasteiger partial charge in [0.2, 0.25) is 0 Å². The zero-order valence-corrected chi connectivity index (χ0v) is 10.3. The van der Waals surface area contributed by atoms with Gasteiger partial charge in [0.1, 0.15) is 0 Å². The zero-order chi connectivity index (χ0) is 11.6. The number of rotatable bonds is 3. The topological polar surface area (TPSA) is 38.0 Å². The zero-order valence-electron chi connectivity index (χ0n) is 10.3. The monoisotopic (exact) mass is 218 g/mol. The Morgan fingerprint density at radius 3 is 2.88 bits per heavy atom. The molecule has 1 aromatic rings.